The third-order valence-corrected chi connectivity index (χ3v) is 1.89. The van der Waals surface area contributed by atoms with Gasteiger partial charge in [-0.3, -0.25) is 0 Å². The van der Waals surface area contributed by atoms with Gasteiger partial charge in [-0.1, -0.05) is 0 Å². The molecule has 6 heteroatoms. The van der Waals surface area contributed by atoms with Crippen molar-refractivity contribution in [1.29, 1.82) is 0 Å². The highest BCUT2D eigenvalue weighted by Crippen LogP contribution is 2.25. The van der Waals surface area contributed by atoms with Crippen molar-refractivity contribution in [2.45, 2.75) is 19.3 Å². The van der Waals surface area contributed by atoms with Gasteiger partial charge >= 0.3 is 12.3 Å². The average molecular weight is 252 g/mol. The van der Waals surface area contributed by atoms with Crippen LogP contribution in [0.5, 0.6) is 11.5 Å². The van der Waals surface area contributed by atoms with Gasteiger partial charge in [-0.2, -0.15) is 8.78 Å². The molecule has 1 aromatic rings. The Kier molecular flexibility index (Phi) is 4.60. The van der Waals surface area contributed by atoms with E-state index >= 15 is 0 Å². The second kappa shape index (κ2) is 5.75. The normalized spacial score (nSPS) is 11.6. The summed E-state index contributed by atoms with van der Waals surface area (Å²) in [6.07, 6.45) is -3.73. The van der Waals surface area contributed by atoms with Crippen molar-refractivity contribution in [3.63, 3.8) is 0 Å². The lowest BCUT2D eigenvalue weighted by atomic mass is 10.3. The predicted octanol–water partition coefficient (Wildman–Crippen LogP) is 3.36. The van der Waals surface area contributed by atoms with Crippen molar-refractivity contribution in [3.8, 4) is 11.5 Å². The Bertz CT molecular complexity index is 338. The number of hydrogen-bond donors (Lipinski definition) is 0. The summed E-state index contributed by atoms with van der Waals surface area (Å²) in [5, 5.41) is 0. The fourth-order valence-electron chi connectivity index (χ4n) is 1.04. The van der Waals surface area contributed by atoms with Crippen LogP contribution in [-0.4, -0.2) is 25.6 Å². The fourth-order valence-corrected chi connectivity index (χ4v) is 1.04. The molecule has 0 aliphatic carbocycles. The molecule has 2 nitrogen and oxygen atoms in total. The second-order valence-electron chi connectivity index (χ2n) is 3.25. The van der Waals surface area contributed by atoms with E-state index in [0.717, 1.165) is 0 Å². The molecule has 0 aliphatic heterocycles. The number of hydrogen-bond acceptors (Lipinski definition) is 2. The Morgan fingerprint density at radius 3 is 1.94 bits per heavy atom. The topological polar surface area (TPSA) is 18.5 Å². The molecule has 1 rings (SSSR count). The van der Waals surface area contributed by atoms with E-state index in [2.05, 4.69) is 4.74 Å². The first-order valence-corrected chi connectivity index (χ1v) is 4.97. The highest BCUT2D eigenvalue weighted by atomic mass is 19.3. The number of alkyl halides is 4. The van der Waals surface area contributed by atoms with Crippen LogP contribution < -0.4 is 9.47 Å². The Morgan fingerprint density at radius 1 is 1.06 bits per heavy atom. The minimum absolute atomic E-state index is 0.0915. The first kappa shape index (κ1) is 13.6. The molecule has 0 saturated heterocycles. The van der Waals surface area contributed by atoms with Gasteiger partial charge in [0.1, 0.15) is 11.5 Å². The molecule has 0 unspecified atom stereocenters. The van der Waals surface area contributed by atoms with Crippen LogP contribution in [0.3, 0.4) is 0 Å². The largest absolute Gasteiger partial charge is 0.494 e. The van der Waals surface area contributed by atoms with Crippen LogP contribution in [0.1, 0.15) is 6.92 Å². The Labute approximate surface area is 96.1 Å². The van der Waals surface area contributed by atoms with E-state index in [1.807, 2.05) is 0 Å². The molecular weight excluding hydrogens is 240 g/mol. The van der Waals surface area contributed by atoms with E-state index in [9.17, 15) is 17.6 Å². The molecule has 0 N–H and O–H groups in total. The van der Waals surface area contributed by atoms with E-state index in [1.165, 1.54) is 24.3 Å². The molecule has 0 amide bonds. The molecule has 0 fully saturated rings. The summed E-state index contributed by atoms with van der Waals surface area (Å²) in [7, 11) is 0. The number of rotatable bonds is 6. The number of benzene rings is 1. The van der Waals surface area contributed by atoms with Crippen molar-refractivity contribution < 1.29 is 27.0 Å². The zero-order chi connectivity index (χ0) is 12.9. The average Bonchev–Trinajstić information content (AvgIpc) is 2.28. The summed E-state index contributed by atoms with van der Waals surface area (Å²) >= 11 is 0. The van der Waals surface area contributed by atoms with Gasteiger partial charge in [-0.25, -0.2) is 8.78 Å². The molecule has 0 atom stereocenters. The summed E-state index contributed by atoms with van der Waals surface area (Å²) in [5.74, 6) is -3.49. The van der Waals surface area contributed by atoms with Gasteiger partial charge in [0.25, 0.3) is 0 Å². The van der Waals surface area contributed by atoms with Gasteiger partial charge < -0.3 is 9.47 Å². The summed E-state index contributed by atoms with van der Waals surface area (Å²) in [6.45, 7) is 0.926. The standard InChI is InChI=1S/C11H12F4O2/c1-2-16-8-3-5-9(6-4-8)17-7-11(14,15)10(12)13/h3-6,10H,2,7H2,1H3. The minimum Gasteiger partial charge on any atom is -0.494 e. The quantitative estimate of drug-likeness (QED) is 0.723. The van der Waals surface area contributed by atoms with E-state index in [4.69, 9.17) is 4.74 Å². The Morgan fingerprint density at radius 2 is 1.53 bits per heavy atom. The lowest BCUT2D eigenvalue weighted by molar-refractivity contribution is -0.148. The third-order valence-electron chi connectivity index (χ3n) is 1.89. The Balaban J connectivity index is 2.52. The maximum absolute atomic E-state index is 12.5. The van der Waals surface area contributed by atoms with Gasteiger partial charge in [0.05, 0.1) is 6.61 Å². The van der Waals surface area contributed by atoms with Crippen LogP contribution >= 0.6 is 0 Å². The molecule has 0 aliphatic rings. The van der Waals surface area contributed by atoms with Crippen LogP contribution in [0.15, 0.2) is 24.3 Å². The van der Waals surface area contributed by atoms with Gasteiger partial charge in [0.2, 0.25) is 0 Å². The maximum atomic E-state index is 12.5. The van der Waals surface area contributed by atoms with E-state index < -0.39 is 19.0 Å². The molecule has 17 heavy (non-hydrogen) atoms. The summed E-state index contributed by atoms with van der Waals surface area (Å²) in [6, 6.07) is 5.79. The molecule has 0 heterocycles. The van der Waals surface area contributed by atoms with Crippen LogP contribution in [-0.2, 0) is 0 Å². The second-order valence-corrected chi connectivity index (χ2v) is 3.25. The zero-order valence-corrected chi connectivity index (χ0v) is 9.13. The SMILES string of the molecule is CCOc1ccc(OCC(F)(F)C(F)F)cc1. The number of halogens is 4. The zero-order valence-electron chi connectivity index (χ0n) is 9.13. The van der Waals surface area contributed by atoms with Gasteiger partial charge in [0.15, 0.2) is 6.61 Å². The van der Waals surface area contributed by atoms with Gasteiger partial charge in [0, 0.05) is 0 Å². The van der Waals surface area contributed by atoms with Gasteiger partial charge in [-0.05, 0) is 31.2 Å². The monoisotopic (exact) mass is 252 g/mol. The van der Waals surface area contributed by atoms with Crippen molar-refractivity contribution in [1.82, 2.24) is 0 Å². The third kappa shape index (κ3) is 4.13. The molecule has 0 bridgehead atoms. The van der Waals surface area contributed by atoms with Crippen LogP contribution in [0.2, 0.25) is 0 Å². The summed E-state index contributed by atoms with van der Waals surface area (Å²) in [4.78, 5) is 0. The first-order chi connectivity index (χ1) is 7.95. The summed E-state index contributed by atoms with van der Waals surface area (Å²) < 4.78 is 58.4. The molecular formula is C11H12F4O2. The van der Waals surface area contributed by atoms with Crippen LogP contribution in [0.25, 0.3) is 0 Å². The predicted molar refractivity (Wildman–Crippen MR) is 54.1 cm³/mol. The van der Waals surface area contributed by atoms with Crippen molar-refractivity contribution in [3.05, 3.63) is 24.3 Å². The maximum Gasteiger partial charge on any atom is 0.340 e. The first-order valence-electron chi connectivity index (χ1n) is 4.97. The smallest absolute Gasteiger partial charge is 0.340 e. The highest BCUT2D eigenvalue weighted by molar-refractivity contribution is 5.31. The fraction of sp³-hybridized carbons (Fsp3) is 0.455. The van der Waals surface area contributed by atoms with E-state index in [-0.39, 0.29) is 5.75 Å². The van der Waals surface area contributed by atoms with Crippen molar-refractivity contribution in [2.75, 3.05) is 13.2 Å². The molecule has 0 spiro atoms. The molecule has 1 aromatic carbocycles. The van der Waals surface area contributed by atoms with E-state index in [0.29, 0.717) is 12.4 Å². The Hall–Kier alpha value is -1.46. The van der Waals surface area contributed by atoms with Crippen LogP contribution in [0.4, 0.5) is 17.6 Å². The lowest BCUT2D eigenvalue weighted by Crippen LogP contribution is -2.33. The molecule has 0 saturated carbocycles. The van der Waals surface area contributed by atoms with Gasteiger partial charge in [-0.15, -0.1) is 0 Å². The highest BCUT2D eigenvalue weighted by Gasteiger charge is 2.41. The summed E-state index contributed by atoms with van der Waals surface area (Å²) in [5.41, 5.74) is 0. The molecule has 0 aromatic heterocycles. The van der Waals surface area contributed by atoms with Crippen LogP contribution in [0, 0.1) is 0 Å². The number of ether oxygens (including phenoxy) is 2. The van der Waals surface area contributed by atoms with E-state index in [1.54, 1.807) is 6.92 Å². The minimum atomic E-state index is -4.14. The molecule has 96 valence electrons. The molecule has 0 radical (unpaired) electrons. The van der Waals surface area contributed by atoms with Crippen molar-refractivity contribution in [2.24, 2.45) is 0 Å². The van der Waals surface area contributed by atoms with Crippen molar-refractivity contribution >= 4 is 0 Å². The lowest BCUT2D eigenvalue weighted by Gasteiger charge is -2.16.